The number of nitrogens with one attached hydrogen (secondary N) is 2. The molecule has 0 saturated carbocycles. The van der Waals surface area contributed by atoms with Gasteiger partial charge >= 0.3 is 0 Å². The summed E-state index contributed by atoms with van der Waals surface area (Å²) in [5, 5.41) is 8.85. The van der Waals surface area contributed by atoms with Gasteiger partial charge in [-0.05, 0) is 60.4 Å². The maximum Gasteiger partial charge on any atom is 0.227 e. The molecule has 1 aromatic heterocycles. The lowest BCUT2D eigenvalue weighted by molar-refractivity contribution is -0.123. The molecule has 2 aliphatic rings. The predicted octanol–water partition coefficient (Wildman–Crippen LogP) is 3.59. The fourth-order valence-electron chi connectivity index (χ4n) is 3.86. The van der Waals surface area contributed by atoms with Crippen molar-refractivity contribution in [1.82, 2.24) is 10.6 Å². The minimum atomic E-state index is 0. The SMILES string of the molecule is Cl.O=C(NCC1NCCc2ccccc21)C1CCCc2sccc21. The monoisotopic (exact) mass is 362 g/mol. The molecule has 2 atom stereocenters. The minimum absolute atomic E-state index is 0. The summed E-state index contributed by atoms with van der Waals surface area (Å²) in [4.78, 5) is 14.1. The van der Waals surface area contributed by atoms with Gasteiger partial charge in [0, 0.05) is 17.5 Å². The first-order chi connectivity index (χ1) is 11.3. The van der Waals surface area contributed by atoms with Crippen LogP contribution in [0.5, 0.6) is 0 Å². The van der Waals surface area contributed by atoms with Gasteiger partial charge in [0.1, 0.15) is 0 Å². The molecule has 2 unspecified atom stereocenters. The van der Waals surface area contributed by atoms with Gasteiger partial charge in [-0.2, -0.15) is 0 Å². The van der Waals surface area contributed by atoms with Gasteiger partial charge in [-0.25, -0.2) is 0 Å². The van der Waals surface area contributed by atoms with E-state index in [-0.39, 0.29) is 30.3 Å². The molecule has 1 amide bonds. The third kappa shape index (κ3) is 3.37. The van der Waals surface area contributed by atoms with Crippen molar-refractivity contribution in [3.8, 4) is 0 Å². The van der Waals surface area contributed by atoms with Gasteiger partial charge in [-0.1, -0.05) is 24.3 Å². The third-order valence-electron chi connectivity index (χ3n) is 5.06. The molecule has 128 valence electrons. The maximum absolute atomic E-state index is 12.7. The lowest BCUT2D eigenvalue weighted by Crippen LogP contribution is -2.40. The molecule has 0 fully saturated rings. The molecule has 24 heavy (non-hydrogen) atoms. The van der Waals surface area contributed by atoms with Crippen LogP contribution in [0.25, 0.3) is 0 Å². The van der Waals surface area contributed by atoms with E-state index in [0.29, 0.717) is 6.54 Å². The largest absolute Gasteiger partial charge is 0.354 e. The van der Waals surface area contributed by atoms with Crippen LogP contribution < -0.4 is 10.6 Å². The second-order valence-corrected chi connectivity index (χ2v) is 7.45. The van der Waals surface area contributed by atoms with E-state index in [2.05, 4.69) is 46.3 Å². The van der Waals surface area contributed by atoms with Crippen LogP contribution in [-0.4, -0.2) is 19.0 Å². The molecule has 2 N–H and O–H groups in total. The highest BCUT2D eigenvalue weighted by atomic mass is 35.5. The molecule has 0 saturated heterocycles. The van der Waals surface area contributed by atoms with Crippen LogP contribution in [0.4, 0.5) is 0 Å². The Morgan fingerprint density at radius 3 is 3.00 bits per heavy atom. The van der Waals surface area contributed by atoms with Gasteiger partial charge in [0.25, 0.3) is 0 Å². The van der Waals surface area contributed by atoms with Crippen LogP contribution in [0.2, 0.25) is 0 Å². The highest BCUT2D eigenvalue weighted by Gasteiger charge is 2.28. The van der Waals surface area contributed by atoms with Gasteiger partial charge in [-0.3, -0.25) is 4.79 Å². The Bertz CT molecular complexity index is 715. The van der Waals surface area contributed by atoms with E-state index in [0.717, 1.165) is 32.2 Å². The fourth-order valence-corrected chi connectivity index (χ4v) is 4.85. The summed E-state index contributed by atoms with van der Waals surface area (Å²) in [7, 11) is 0. The van der Waals surface area contributed by atoms with Crippen molar-refractivity contribution in [3.05, 3.63) is 57.3 Å². The molecule has 2 heterocycles. The first kappa shape index (κ1) is 17.5. The second kappa shape index (κ2) is 7.68. The number of carbonyl (C=O) groups excluding carboxylic acids is 1. The zero-order valence-corrected chi connectivity index (χ0v) is 15.2. The van der Waals surface area contributed by atoms with Crippen molar-refractivity contribution in [2.75, 3.05) is 13.1 Å². The lowest BCUT2D eigenvalue weighted by atomic mass is 9.87. The molecule has 1 aromatic carbocycles. The van der Waals surface area contributed by atoms with Gasteiger partial charge in [-0.15, -0.1) is 23.7 Å². The normalized spacial score (nSPS) is 22.0. The van der Waals surface area contributed by atoms with E-state index in [1.165, 1.54) is 21.6 Å². The average molecular weight is 363 g/mol. The van der Waals surface area contributed by atoms with Gasteiger partial charge < -0.3 is 10.6 Å². The number of carbonyl (C=O) groups is 1. The van der Waals surface area contributed by atoms with E-state index in [1.807, 2.05) is 0 Å². The number of hydrogen-bond acceptors (Lipinski definition) is 3. The average Bonchev–Trinajstić information content (AvgIpc) is 3.08. The molecule has 1 aliphatic carbocycles. The van der Waals surface area contributed by atoms with Crippen molar-refractivity contribution in [2.45, 2.75) is 37.6 Å². The summed E-state index contributed by atoms with van der Waals surface area (Å²) in [5.74, 6) is 0.234. The van der Waals surface area contributed by atoms with Crippen LogP contribution in [-0.2, 0) is 17.6 Å². The number of aryl methyl sites for hydroxylation is 1. The first-order valence-corrected chi connectivity index (χ1v) is 9.36. The van der Waals surface area contributed by atoms with Crippen molar-refractivity contribution in [3.63, 3.8) is 0 Å². The first-order valence-electron chi connectivity index (χ1n) is 8.48. The van der Waals surface area contributed by atoms with E-state index in [4.69, 9.17) is 0 Å². The summed E-state index contributed by atoms with van der Waals surface area (Å²) in [6, 6.07) is 10.9. The van der Waals surface area contributed by atoms with Crippen LogP contribution >= 0.6 is 23.7 Å². The Kier molecular flexibility index (Phi) is 5.59. The van der Waals surface area contributed by atoms with E-state index >= 15 is 0 Å². The maximum atomic E-state index is 12.7. The Morgan fingerprint density at radius 2 is 2.08 bits per heavy atom. The Balaban J connectivity index is 0.00000169. The highest BCUT2D eigenvalue weighted by Crippen LogP contribution is 2.35. The fraction of sp³-hybridized carbons (Fsp3) is 0.421. The Labute approximate surface area is 153 Å². The molecule has 5 heteroatoms. The summed E-state index contributed by atoms with van der Waals surface area (Å²) in [5.41, 5.74) is 4.00. The number of thiophene rings is 1. The number of fused-ring (bicyclic) bond motifs is 2. The van der Waals surface area contributed by atoms with Crippen molar-refractivity contribution in [2.24, 2.45) is 0 Å². The molecule has 0 spiro atoms. The van der Waals surface area contributed by atoms with Crippen molar-refractivity contribution in [1.29, 1.82) is 0 Å². The molecular formula is C19H23ClN2OS. The summed E-state index contributed by atoms with van der Waals surface area (Å²) in [6.07, 6.45) is 4.30. The molecule has 4 rings (SSSR count). The Hall–Kier alpha value is -1.36. The number of hydrogen-bond donors (Lipinski definition) is 2. The number of rotatable bonds is 3. The topological polar surface area (TPSA) is 41.1 Å². The Morgan fingerprint density at radius 1 is 1.21 bits per heavy atom. The smallest absolute Gasteiger partial charge is 0.227 e. The third-order valence-corrected chi connectivity index (χ3v) is 6.06. The molecule has 2 aromatic rings. The molecule has 3 nitrogen and oxygen atoms in total. The molecular weight excluding hydrogens is 340 g/mol. The van der Waals surface area contributed by atoms with Crippen LogP contribution in [0.15, 0.2) is 35.7 Å². The number of amides is 1. The van der Waals surface area contributed by atoms with Crippen LogP contribution in [0, 0.1) is 0 Å². The van der Waals surface area contributed by atoms with E-state index in [1.54, 1.807) is 11.3 Å². The highest BCUT2D eigenvalue weighted by molar-refractivity contribution is 7.10. The summed E-state index contributed by atoms with van der Waals surface area (Å²) >= 11 is 1.79. The number of halogens is 1. The predicted molar refractivity (Wildman–Crippen MR) is 101 cm³/mol. The lowest BCUT2D eigenvalue weighted by Gasteiger charge is -2.28. The van der Waals surface area contributed by atoms with Gasteiger partial charge in [0.2, 0.25) is 5.91 Å². The van der Waals surface area contributed by atoms with Gasteiger partial charge in [0.05, 0.1) is 5.92 Å². The second-order valence-electron chi connectivity index (χ2n) is 6.44. The van der Waals surface area contributed by atoms with Crippen LogP contribution in [0.1, 0.15) is 46.4 Å². The summed E-state index contributed by atoms with van der Waals surface area (Å²) in [6.45, 7) is 1.65. The zero-order chi connectivity index (χ0) is 15.6. The molecule has 0 radical (unpaired) electrons. The molecule has 0 bridgehead atoms. The quantitative estimate of drug-likeness (QED) is 0.876. The van der Waals surface area contributed by atoms with Gasteiger partial charge in [0.15, 0.2) is 0 Å². The standard InChI is InChI=1S/C19H22N2OS.ClH/c22-19(16-6-3-7-18-15(16)9-11-23-18)21-12-17-14-5-2-1-4-13(14)8-10-20-17;/h1-2,4-5,9,11,16-17,20H,3,6-8,10,12H2,(H,21,22);1H. The summed E-state index contributed by atoms with van der Waals surface area (Å²) < 4.78 is 0. The molecule has 1 aliphatic heterocycles. The van der Waals surface area contributed by atoms with Crippen LogP contribution in [0.3, 0.4) is 0 Å². The van der Waals surface area contributed by atoms with E-state index < -0.39 is 0 Å². The van der Waals surface area contributed by atoms with Crippen molar-refractivity contribution < 1.29 is 4.79 Å². The zero-order valence-electron chi connectivity index (χ0n) is 13.6. The van der Waals surface area contributed by atoms with E-state index in [9.17, 15) is 4.79 Å². The van der Waals surface area contributed by atoms with Crippen molar-refractivity contribution >= 4 is 29.7 Å². The number of benzene rings is 1. The minimum Gasteiger partial charge on any atom is -0.354 e.